The minimum atomic E-state index is 0.164. The molecule has 1 unspecified atom stereocenters. The Morgan fingerprint density at radius 1 is 1.21 bits per heavy atom. The summed E-state index contributed by atoms with van der Waals surface area (Å²) < 4.78 is 0. The fraction of sp³-hybridized carbons (Fsp3) is 0.647. The first-order valence-corrected chi connectivity index (χ1v) is 7.89. The third-order valence-corrected chi connectivity index (χ3v) is 4.43. The van der Waals surface area contributed by atoms with Crippen LogP contribution >= 0.6 is 0 Å². The summed E-state index contributed by atoms with van der Waals surface area (Å²) in [6.45, 7) is 5.67. The van der Waals surface area contributed by atoms with Crippen molar-refractivity contribution in [3.8, 4) is 0 Å². The molecule has 2 heteroatoms. The third-order valence-electron chi connectivity index (χ3n) is 4.43. The molecule has 106 valence electrons. The molecule has 0 spiro atoms. The number of hydrogen-bond donors (Lipinski definition) is 1. The van der Waals surface area contributed by atoms with Gasteiger partial charge in [-0.05, 0) is 37.3 Å². The van der Waals surface area contributed by atoms with Crippen molar-refractivity contribution in [2.75, 3.05) is 11.4 Å². The molecule has 1 aliphatic heterocycles. The summed E-state index contributed by atoms with van der Waals surface area (Å²) in [7, 11) is 0. The monoisotopic (exact) mass is 260 g/mol. The normalized spacial score (nSPS) is 22.1. The van der Waals surface area contributed by atoms with Crippen molar-refractivity contribution in [3.05, 3.63) is 29.8 Å². The van der Waals surface area contributed by atoms with Crippen molar-refractivity contribution in [3.63, 3.8) is 0 Å². The van der Waals surface area contributed by atoms with Crippen LogP contribution in [0.25, 0.3) is 0 Å². The Bertz CT molecular complexity index is 389. The maximum absolute atomic E-state index is 6.30. The fourth-order valence-electron chi connectivity index (χ4n) is 3.20. The minimum Gasteiger partial charge on any atom is -0.368 e. The van der Waals surface area contributed by atoms with Crippen LogP contribution in [0.5, 0.6) is 0 Å². The topological polar surface area (TPSA) is 29.3 Å². The van der Waals surface area contributed by atoms with Crippen molar-refractivity contribution in [1.82, 2.24) is 0 Å². The maximum Gasteiger partial charge on any atom is 0.0417 e. The molecule has 2 nitrogen and oxygen atoms in total. The standard InChI is InChI=1S/C17H28N2/c1-3-14-10-6-5-9-13-19(14)17-12-8-7-11-15(17)16(18)4-2/h7-8,11-12,14,16H,3-6,9-10,13,18H2,1-2H3/t14?,16-/m0/s1. The van der Waals surface area contributed by atoms with E-state index in [-0.39, 0.29) is 6.04 Å². The highest BCUT2D eigenvalue weighted by molar-refractivity contribution is 5.56. The van der Waals surface area contributed by atoms with E-state index in [4.69, 9.17) is 5.73 Å². The van der Waals surface area contributed by atoms with Gasteiger partial charge in [0, 0.05) is 24.3 Å². The summed E-state index contributed by atoms with van der Waals surface area (Å²) in [4.78, 5) is 2.62. The van der Waals surface area contributed by atoms with Crippen molar-refractivity contribution >= 4 is 5.69 Å². The Balaban J connectivity index is 2.32. The number of anilines is 1. The molecule has 19 heavy (non-hydrogen) atoms. The van der Waals surface area contributed by atoms with E-state index in [1.54, 1.807) is 0 Å². The number of hydrogen-bond acceptors (Lipinski definition) is 2. The van der Waals surface area contributed by atoms with Crippen LogP contribution in [0.1, 0.15) is 64.0 Å². The van der Waals surface area contributed by atoms with Crippen LogP contribution in [-0.4, -0.2) is 12.6 Å². The molecule has 2 rings (SSSR count). The van der Waals surface area contributed by atoms with Crippen LogP contribution < -0.4 is 10.6 Å². The molecule has 1 saturated heterocycles. The Labute approximate surface area is 118 Å². The van der Waals surface area contributed by atoms with E-state index < -0.39 is 0 Å². The zero-order chi connectivity index (χ0) is 13.7. The van der Waals surface area contributed by atoms with Crippen LogP contribution in [0.15, 0.2) is 24.3 Å². The molecule has 0 saturated carbocycles. The second kappa shape index (κ2) is 6.95. The number of nitrogens with two attached hydrogens (primary N) is 1. The minimum absolute atomic E-state index is 0.164. The highest BCUT2D eigenvalue weighted by Crippen LogP contribution is 2.32. The van der Waals surface area contributed by atoms with E-state index >= 15 is 0 Å². The van der Waals surface area contributed by atoms with Crippen molar-refractivity contribution in [1.29, 1.82) is 0 Å². The number of benzene rings is 1. The zero-order valence-electron chi connectivity index (χ0n) is 12.4. The summed E-state index contributed by atoms with van der Waals surface area (Å²) in [6, 6.07) is 9.59. The van der Waals surface area contributed by atoms with Gasteiger partial charge in [0.15, 0.2) is 0 Å². The van der Waals surface area contributed by atoms with Crippen LogP contribution in [0.3, 0.4) is 0 Å². The van der Waals surface area contributed by atoms with Crippen LogP contribution in [0.4, 0.5) is 5.69 Å². The molecule has 0 bridgehead atoms. The Morgan fingerprint density at radius 2 is 2.00 bits per heavy atom. The molecule has 1 aromatic rings. The van der Waals surface area contributed by atoms with Crippen LogP contribution in [0.2, 0.25) is 0 Å². The highest BCUT2D eigenvalue weighted by atomic mass is 15.2. The van der Waals surface area contributed by atoms with Gasteiger partial charge in [0.25, 0.3) is 0 Å². The lowest BCUT2D eigenvalue weighted by Gasteiger charge is -2.34. The lowest BCUT2D eigenvalue weighted by atomic mass is 10.00. The largest absolute Gasteiger partial charge is 0.368 e. The molecule has 0 aromatic heterocycles. The summed E-state index contributed by atoms with van der Waals surface area (Å²) in [6.07, 6.45) is 7.61. The Hall–Kier alpha value is -1.02. The van der Waals surface area contributed by atoms with Gasteiger partial charge >= 0.3 is 0 Å². The first kappa shape index (κ1) is 14.4. The van der Waals surface area contributed by atoms with E-state index in [0.29, 0.717) is 6.04 Å². The average Bonchev–Trinajstić information content (AvgIpc) is 2.71. The molecule has 2 N–H and O–H groups in total. The van der Waals surface area contributed by atoms with Crippen molar-refractivity contribution in [2.45, 2.75) is 64.5 Å². The van der Waals surface area contributed by atoms with Gasteiger partial charge in [-0.15, -0.1) is 0 Å². The molecule has 1 aliphatic rings. The SMILES string of the molecule is CCC1CCCCCN1c1ccccc1[C@@H](N)CC. The van der Waals surface area contributed by atoms with Crippen LogP contribution in [0, 0.1) is 0 Å². The van der Waals surface area contributed by atoms with E-state index in [0.717, 1.165) is 6.42 Å². The zero-order valence-corrected chi connectivity index (χ0v) is 12.4. The first-order valence-electron chi connectivity index (χ1n) is 7.89. The third kappa shape index (κ3) is 3.30. The summed E-state index contributed by atoms with van der Waals surface area (Å²) in [5.41, 5.74) is 9.01. The lowest BCUT2D eigenvalue weighted by Crippen LogP contribution is -2.35. The molecular weight excluding hydrogens is 232 g/mol. The van der Waals surface area contributed by atoms with Gasteiger partial charge in [0.05, 0.1) is 0 Å². The van der Waals surface area contributed by atoms with Gasteiger partial charge in [-0.25, -0.2) is 0 Å². The number of para-hydroxylation sites is 1. The molecule has 1 fully saturated rings. The molecule has 0 radical (unpaired) electrons. The second-order valence-electron chi connectivity index (χ2n) is 5.68. The van der Waals surface area contributed by atoms with Gasteiger partial charge in [0.2, 0.25) is 0 Å². The van der Waals surface area contributed by atoms with Crippen molar-refractivity contribution < 1.29 is 0 Å². The smallest absolute Gasteiger partial charge is 0.0417 e. The lowest BCUT2D eigenvalue weighted by molar-refractivity contribution is 0.552. The van der Waals surface area contributed by atoms with E-state index in [9.17, 15) is 0 Å². The van der Waals surface area contributed by atoms with E-state index in [1.807, 2.05) is 0 Å². The average molecular weight is 260 g/mol. The summed E-state index contributed by atoms with van der Waals surface area (Å²) in [5, 5.41) is 0. The maximum atomic E-state index is 6.30. The predicted molar refractivity (Wildman–Crippen MR) is 83.6 cm³/mol. The molecule has 1 aromatic carbocycles. The molecule has 2 atom stereocenters. The molecule has 0 aliphatic carbocycles. The fourth-order valence-corrected chi connectivity index (χ4v) is 3.20. The van der Waals surface area contributed by atoms with Gasteiger partial charge < -0.3 is 10.6 Å². The first-order chi connectivity index (χ1) is 9.27. The second-order valence-corrected chi connectivity index (χ2v) is 5.68. The quantitative estimate of drug-likeness (QED) is 0.876. The van der Waals surface area contributed by atoms with Gasteiger partial charge in [-0.2, -0.15) is 0 Å². The van der Waals surface area contributed by atoms with Gasteiger partial charge in [-0.3, -0.25) is 0 Å². The molecule has 1 heterocycles. The van der Waals surface area contributed by atoms with Gasteiger partial charge in [0.1, 0.15) is 0 Å². The molecular formula is C17H28N2. The number of nitrogens with zero attached hydrogens (tertiary/aromatic N) is 1. The number of rotatable bonds is 4. The highest BCUT2D eigenvalue weighted by Gasteiger charge is 2.22. The summed E-state index contributed by atoms with van der Waals surface area (Å²) >= 11 is 0. The predicted octanol–water partition coefficient (Wildman–Crippen LogP) is 4.26. The van der Waals surface area contributed by atoms with Crippen LogP contribution in [-0.2, 0) is 0 Å². The van der Waals surface area contributed by atoms with Crippen molar-refractivity contribution in [2.24, 2.45) is 5.73 Å². The molecule has 0 amide bonds. The Morgan fingerprint density at radius 3 is 2.74 bits per heavy atom. The van der Waals surface area contributed by atoms with E-state index in [2.05, 4.69) is 43.0 Å². The van der Waals surface area contributed by atoms with E-state index in [1.165, 1.54) is 49.9 Å². The summed E-state index contributed by atoms with van der Waals surface area (Å²) in [5.74, 6) is 0. The Kier molecular flexibility index (Phi) is 5.26. The van der Waals surface area contributed by atoms with Gasteiger partial charge in [-0.1, -0.05) is 44.9 Å².